The van der Waals surface area contributed by atoms with Crippen LogP contribution in [-0.4, -0.2) is 56.0 Å². The molecule has 2 aromatic rings. The summed E-state index contributed by atoms with van der Waals surface area (Å²) in [5, 5.41) is 4.10. The summed E-state index contributed by atoms with van der Waals surface area (Å²) in [4.78, 5) is 18.3. The molecule has 0 bridgehead atoms. The molecule has 0 spiro atoms. The molecule has 2 aromatic heterocycles. The van der Waals surface area contributed by atoms with Gasteiger partial charge in [-0.1, -0.05) is 0 Å². The van der Waals surface area contributed by atoms with Crippen molar-refractivity contribution in [3.05, 3.63) is 17.9 Å². The van der Waals surface area contributed by atoms with Gasteiger partial charge in [0.2, 0.25) is 11.2 Å². The zero-order valence-corrected chi connectivity index (χ0v) is 11.0. The van der Waals surface area contributed by atoms with Crippen molar-refractivity contribution in [3.8, 4) is 5.95 Å². The lowest BCUT2D eigenvalue weighted by Crippen LogP contribution is -2.33. The molecule has 1 saturated heterocycles. The molecule has 0 amide bonds. The van der Waals surface area contributed by atoms with Crippen molar-refractivity contribution in [1.29, 1.82) is 0 Å². The Morgan fingerprint density at radius 2 is 2.32 bits per heavy atom. The number of rotatable bonds is 3. The highest BCUT2D eigenvalue weighted by Crippen LogP contribution is 2.18. The van der Waals surface area contributed by atoms with Crippen LogP contribution in [0.3, 0.4) is 0 Å². The average molecular weight is 282 g/mol. The van der Waals surface area contributed by atoms with E-state index in [1.54, 1.807) is 0 Å². The molecule has 1 aliphatic heterocycles. The van der Waals surface area contributed by atoms with E-state index in [1.807, 2.05) is 11.9 Å². The summed E-state index contributed by atoms with van der Waals surface area (Å²) in [5.41, 5.74) is 0. The Morgan fingerprint density at radius 3 is 3.00 bits per heavy atom. The fraction of sp³-hybridized carbons (Fsp3) is 0.500. The van der Waals surface area contributed by atoms with E-state index in [2.05, 4.69) is 25.0 Å². The van der Waals surface area contributed by atoms with E-state index >= 15 is 0 Å². The van der Waals surface area contributed by atoms with Gasteiger partial charge in [0.1, 0.15) is 12.7 Å². The third-order valence-electron chi connectivity index (χ3n) is 2.98. The van der Waals surface area contributed by atoms with Crippen LogP contribution in [0.25, 0.3) is 5.95 Å². The number of halogens is 1. The largest absolute Gasteiger partial charge is 0.379 e. The summed E-state index contributed by atoms with van der Waals surface area (Å²) < 4.78 is 6.80. The molecule has 0 radical (unpaired) electrons. The van der Waals surface area contributed by atoms with Gasteiger partial charge < -0.3 is 9.64 Å². The molecule has 3 rings (SSSR count). The number of hydrogen-bond donors (Lipinski definition) is 0. The maximum atomic E-state index is 5.94. The minimum atomic E-state index is 0.126. The van der Waals surface area contributed by atoms with Crippen molar-refractivity contribution in [3.63, 3.8) is 0 Å². The van der Waals surface area contributed by atoms with Gasteiger partial charge in [0.05, 0.1) is 12.6 Å². The van der Waals surface area contributed by atoms with Crippen LogP contribution in [-0.2, 0) is 4.74 Å². The number of aromatic nitrogens is 6. The van der Waals surface area contributed by atoms with Gasteiger partial charge in [0, 0.05) is 13.7 Å². The van der Waals surface area contributed by atoms with E-state index in [9.17, 15) is 0 Å². The molecule has 19 heavy (non-hydrogen) atoms. The van der Waals surface area contributed by atoms with E-state index in [4.69, 9.17) is 16.3 Å². The van der Waals surface area contributed by atoms with Gasteiger partial charge in [-0.15, -0.1) is 0 Å². The third-order valence-corrected chi connectivity index (χ3v) is 3.15. The molecular weight excluding hydrogens is 270 g/mol. The van der Waals surface area contributed by atoms with Crippen LogP contribution in [0.1, 0.15) is 6.42 Å². The van der Waals surface area contributed by atoms with Crippen molar-refractivity contribution in [2.24, 2.45) is 0 Å². The number of anilines is 1. The average Bonchev–Trinajstić information content (AvgIpc) is 3.10. The maximum Gasteiger partial charge on any atom is 0.258 e. The molecule has 0 saturated carbocycles. The van der Waals surface area contributed by atoms with Gasteiger partial charge in [-0.2, -0.15) is 24.7 Å². The van der Waals surface area contributed by atoms with Crippen LogP contribution in [0, 0.1) is 0 Å². The molecular formula is C10H12ClN7O. The smallest absolute Gasteiger partial charge is 0.258 e. The standard InChI is InChI=1S/C10H12ClN7O/c1-17(7-2-3-19-4-7)9-14-8(11)15-10(16-9)18-6-12-5-13-18/h5-7H,2-4H2,1H3. The zero-order chi connectivity index (χ0) is 13.2. The molecule has 1 fully saturated rings. The first kappa shape index (κ1) is 12.2. The van der Waals surface area contributed by atoms with Crippen LogP contribution >= 0.6 is 11.6 Å². The number of ether oxygens (including phenoxy) is 1. The summed E-state index contributed by atoms with van der Waals surface area (Å²) in [6.45, 7) is 1.42. The predicted octanol–water partition coefficient (Wildman–Crippen LogP) is 0.331. The Hall–Kier alpha value is -1.80. The lowest BCUT2D eigenvalue weighted by Gasteiger charge is -2.23. The van der Waals surface area contributed by atoms with E-state index in [0.717, 1.165) is 13.0 Å². The van der Waals surface area contributed by atoms with Crippen LogP contribution in [0.15, 0.2) is 12.7 Å². The molecule has 1 atom stereocenters. The summed E-state index contributed by atoms with van der Waals surface area (Å²) in [6, 6.07) is 0.252. The first-order chi connectivity index (χ1) is 9.24. The fourth-order valence-corrected chi connectivity index (χ4v) is 2.04. The summed E-state index contributed by atoms with van der Waals surface area (Å²) in [7, 11) is 1.91. The fourth-order valence-electron chi connectivity index (χ4n) is 1.89. The molecule has 3 heterocycles. The lowest BCUT2D eigenvalue weighted by molar-refractivity contribution is 0.193. The van der Waals surface area contributed by atoms with E-state index < -0.39 is 0 Å². The second-order valence-electron chi connectivity index (χ2n) is 4.17. The SMILES string of the molecule is CN(c1nc(Cl)nc(-n2cncn2)n1)C1CCOC1. The molecule has 8 nitrogen and oxygen atoms in total. The number of hydrogen-bond acceptors (Lipinski definition) is 7. The first-order valence-corrected chi connectivity index (χ1v) is 6.19. The predicted molar refractivity (Wildman–Crippen MR) is 67.4 cm³/mol. The normalized spacial score (nSPS) is 18.7. The van der Waals surface area contributed by atoms with Gasteiger partial charge >= 0.3 is 0 Å². The monoisotopic (exact) mass is 281 g/mol. The Balaban J connectivity index is 1.93. The van der Waals surface area contributed by atoms with E-state index in [-0.39, 0.29) is 11.3 Å². The summed E-state index contributed by atoms with van der Waals surface area (Å²) in [6.07, 6.45) is 3.86. The van der Waals surface area contributed by atoms with Gasteiger partial charge in [0.25, 0.3) is 5.95 Å². The van der Waals surface area contributed by atoms with Crippen molar-refractivity contribution in [2.45, 2.75) is 12.5 Å². The highest BCUT2D eigenvalue weighted by atomic mass is 35.5. The van der Waals surface area contributed by atoms with E-state index in [1.165, 1.54) is 17.3 Å². The van der Waals surface area contributed by atoms with Gasteiger partial charge in [-0.3, -0.25) is 0 Å². The molecule has 100 valence electrons. The Morgan fingerprint density at radius 1 is 1.42 bits per heavy atom. The van der Waals surface area contributed by atoms with Crippen LogP contribution in [0.5, 0.6) is 0 Å². The van der Waals surface area contributed by atoms with Gasteiger partial charge in [-0.25, -0.2) is 4.98 Å². The number of nitrogens with zero attached hydrogens (tertiary/aromatic N) is 7. The van der Waals surface area contributed by atoms with E-state index in [0.29, 0.717) is 18.5 Å². The summed E-state index contributed by atoms with van der Waals surface area (Å²) in [5.74, 6) is 0.847. The Kier molecular flexibility index (Phi) is 3.26. The maximum absolute atomic E-state index is 5.94. The van der Waals surface area contributed by atoms with Gasteiger partial charge in [0.15, 0.2) is 0 Å². The lowest BCUT2D eigenvalue weighted by atomic mass is 10.2. The van der Waals surface area contributed by atoms with Crippen LogP contribution in [0.2, 0.25) is 5.28 Å². The number of likely N-dealkylation sites (N-methyl/N-ethyl adjacent to an activating group) is 1. The Labute approximate surface area is 114 Å². The third kappa shape index (κ3) is 2.49. The zero-order valence-electron chi connectivity index (χ0n) is 10.3. The summed E-state index contributed by atoms with van der Waals surface area (Å²) >= 11 is 5.94. The second-order valence-corrected chi connectivity index (χ2v) is 4.51. The van der Waals surface area contributed by atoms with Crippen LogP contribution < -0.4 is 4.90 Å². The topological polar surface area (TPSA) is 81.9 Å². The minimum absolute atomic E-state index is 0.126. The molecule has 0 aromatic carbocycles. The van der Waals surface area contributed by atoms with Crippen LogP contribution in [0.4, 0.5) is 5.95 Å². The molecule has 9 heteroatoms. The van der Waals surface area contributed by atoms with Crippen molar-refractivity contribution >= 4 is 17.5 Å². The van der Waals surface area contributed by atoms with Crippen molar-refractivity contribution in [1.82, 2.24) is 29.7 Å². The first-order valence-electron chi connectivity index (χ1n) is 5.81. The van der Waals surface area contributed by atoms with Gasteiger partial charge in [-0.05, 0) is 18.0 Å². The van der Waals surface area contributed by atoms with Crippen molar-refractivity contribution in [2.75, 3.05) is 25.2 Å². The highest BCUT2D eigenvalue weighted by Gasteiger charge is 2.23. The minimum Gasteiger partial charge on any atom is -0.379 e. The van der Waals surface area contributed by atoms with Crippen molar-refractivity contribution < 1.29 is 4.74 Å². The molecule has 0 aliphatic carbocycles. The Bertz CT molecular complexity index is 555. The quantitative estimate of drug-likeness (QED) is 0.802. The molecule has 0 N–H and O–H groups in total. The molecule has 1 aliphatic rings. The molecule has 1 unspecified atom stereocenters. The second kappa shape index (κ2) is 5.06. The highest BCUT2D eigenvalue weighted by molar-refractivity contribution is 6.28.